The number of azo groups is 1. The quantitative estimate of drug-likeness (QED) is 0.0495. The van der Waals surface area contributed by atoms with E-state index < -0.39 is 21.0 Å². The predicted molar refractivity (Wildman–Crippen MR) is 207 cm³/mol. The first-order chi connectivity index (χ1) is 27.2. The van der Waals surface area contributed by atoms with Gasteiger partial charge in [0.1, 0.15) is 46.1 Å². The van der Waals surface area contributed by atoms with Crippen LogP contribution < -0.4 is 15.9 Å². The molecule has 20 heteroatoms. The average Bonchev–Trinajstić information content (AvgIpc) is 3.18. The Kier molecular flexibility index (Phi) is 17.7. The van der Waals surface area contributed by atoms with Crippen LogP contribution in [0.15, 0.2) is 67.3 Å². The molecular formula is C38H39CoN9O10. The Morgan fingerprint density at radius 1 is 0.810 bits per heavy atom. The van der Waals surface area contributed by atoms with Gasteiger partial charge in [0.15, 0.2) is 5.69 Å². The molecule has 305 valence electrons. The van der Waals surface area contributed by atoms with Crippen molar-refractivity contribution < 1.29 is 46.7 Å². The molecule has 0 fully saturated rings. The predicted octanol–water partition coefficient (Wildman–Crippen LogP) is 7.11. The van der Waals surface area contributed by atoms with E-state index in [1.807, 2.05) is 26.0 Å². The summed E-state index contributed by atoms with van der Waals surface area (Å²) in [5, 5.41) is 78.5. The standard InChI is InChI=1S/C20H20N4O5.C18H19N5O5.Co/c1-3-4-10-23-19(26)16(12-21)13(2)18(20(23)27)22-9-5-6-14-11-15(24(28)29)7-8-17(14)25;1-4-5-8-22-17(25)13(10-19)11(2)16(18(22)28-3)21-20-14-9-12(23(26)27)6-7-15(14)24;/h5,7-8,11,25,27H,3-4,6,10H2,1-2H3;6-7,9,24H,4-5,8H2,1-3H3;. The number of allylic oxidation sites excluding steroid dienone is 1. The first-order valence-electron chi connectivity index (χ1n) is 17.4. The van der Waals surface area contributed by atoms with Crippen LogP contribution in [0.4, 0.5) is 28.4 Å². The van der Waals surface area contributed by atoms with Gasteiger partial charge in [-0.1, -0.05) is 26.7 Å². The Hall–Kier alpha value is -7.12. The fourth-order valence-corrected chi connectivity index (χ4v) is 5.29. The average molecular weight is 841 g/mol. The molecule has 0 saturated carbocycles. The number of nitrogens with zero attached hydrogens (tertiary/aromatic N) is 9. The van der Waals surface area contributed by atoms with Crippen molar-refractivity contribution in [1.29, 1.82) is 10.5 Å². The minimum absolute atomic E-state index is 0. The molecule has 0 spiro atoms. The summed E-state index contributed by atoms with van der Waals surface area (Å²) in [5.41, 5.74) is -0.772. The Bertz CT molecular complexity index is 2490. The van der Waals surface area contributed by atoms with Crippen LogP contribution in [0.5, 0.6) is 23.3 Å². The number of ether oxygens (including phenoxy) is 1. The van der Waals surface area contributed by atoms with Gasteiger partial charge >= 0.3 is 0 Å². The van der Waals surface area contributed by atoms with Gasteiger partial charge in [-0.25, -0.2) is 4.99 Å². The largest absolute Gasteiger partial charge is 0.508 e. The topological polar surface area (TPSA) is 285 Å². The monoisotopic (exact) mass is 840 g/mol. The maximum Gasteiger partial charge on any atom is 0.271 e. The van der Waals surface area contributed by atoms with E-state index in [0.29, 0.717) is 24.9 Å². The number of phenolic OH excluding ortho intramolecular Hbond substituents is 2. The second-order valence-electron chi connectivity index (χ2n) is 12.2. The van der Waals surface area contributed by atoms with Crippen molar-refractivity contribution in [3.05, 3.63) is 111 Å². The number of unbranched alkanes of at least 4 members (excludes halogenated alkanes) is 2. The second-order valence-corrected chi connectivity index (χ2v) is 12.2. The van der Waals surface area contributed by atoms with Crippen LogP contribution >= 0.6 is 0 Å². The Balaban J connectivity index is 0.000000394. The molecule has 3 N–H and O–H groups in total. The van der Waals surface area contributed by atoms with Crippen LogP contribution in [0.25, 0.3) is 0 Å². The summed E-state index contributed by atoms with van der Waals surface area (Å²) in [6.45, 7) is 7.53. The second kappa shape index (κ2) is 21.8. The van der Waals surface area contributed by atoms with E-state index in [2.05, 4.69) is 21.1 Å². The van der Waals surface area contributed by atoms with Gasteiger partial charge in [-0.3, -0.25) is 39.0 Å². The van der Waals surface area contributed by atoms with Crippen molar-refractivity contribution in [3.8, 4) is 35.4 Å². The maximum atomic E-state index is 12.6. The van der Waals surface area contributed by atoms with Crippen molar-refractivity contribution in [3.63, 3.8) is 0 Å². The minimum atomic E-state index is -0.622. The summed E-state index contributed by atoms with van der Waals surface area (Å²) < 4.78 is 7.77. The number of nitro groups is 2. The molecular weight excluding hydrogens is 801 g/mol. The van der Waals surface area contributed by atoms with Gasteiger partial charge in [0.25, 0.3) is 22.5 Å². The molecule has 4 aromatic rings. The summed E-state index contributed by atoms with van der Waals surface area (Å²) in [7, 11) is 1.37. The van der Waals surface area contributed by atoms with Crippen LogP contribution in [-0.2, 0) is 36.3 Å². The summed E-state index contributed by atoms with van der Waals surface area (Å²) >= 11 is 0. The summed E-state index contributed by atoms with van der Waals surface area (Å²) in [6.07, 6.45) is 4.48. The molecule has 19 nitrogen and oxygen atoms in total. The van der Waals surface area contributed by atoms with Gasteiger partial charge in [0.05, 0.1) is 17.0 Å². The first kappa shape index (κ1) is 47.0. The molecule has 4 rings (SSSR count). The van der Waals surface area contributed by atoms with Crippen LogP contribution in [0, 0.1) is 56.7 Å². The van der Waals surface area contributed by atoms with Gasteiger partial charge < -0.3 is 20.1 Å². The molecule has 0 amide bonds. The van der Waals surface area contributed by atoms with Crippen LogP contribution in [0.2, 0.25) is 0 Å². The number of non-ortho nitro benzene ring substituents is 2. The third-order valence-electron chi connectivity index (χ3n) is 8.47. The molecule has 2 heterocycles. The van der Waals surface area contributed by atoms with Crippen molar-refractivity contribution in [1.82, 2.24) is 9.13 Å². The number of aromatic hydroxyl groups is 3. The number of nitro benzene ring substituents is 2. The van der Waals surface area contributed by atoms with E-state index in [9.17, 15) is 55.7 Å². The fraction of sp³-hybridized carbons (Fsp3) is 0.316. The molecule has 0 bridgehead atoms. The van der Waals surface area contributed by atoms with Crippen LogP contribution in [-0.4, -0.2) is 47.3 Å². The van der Waals surface area contributed by atoms with E-state index in [1.54, 1.807) is 0 Å². The zero-order valence-electron chi connectivity index (χ0n) is 32.0. The number of hydrogen-bond donors (Lipinski definition) is 3. The molecule has 0 aliphatic heterocycles. The zero-order chi connectivity index (χ0) is 42.4. The summed E-state index contributed by atoms with van der Waals surface area (Å²) in [6, 6.07) is 10.7. The molecule has 0 saturated heterocycles. The zero-order valence-corrected chi connectivity index (χ0v) is 33.1. The van der Waals surface area contributed by atoms with Gasteiger partial charge in [0.2, 0.25) is 11.8 Å². The summed E-state index contributed by atoms with van der Waals surface area (Å²) in [4.78, 5) is 49.6. The molecule has 0 aliphatic rings. The number of hydrogen-bond acceptors (Lipinski definition) is 15. The van der Waals surface area contributed by atoms with Gasteiger partial charge in [-0.05, 0) is 50.8 Å². The van der Waals surface area contributed by atoms with E-state index in [4.69, 9.17) is 4.74 Å². The molecule has 58 heavy (non-hydrogen) atoms. The number of nitriles is 2. The van der Waals surface area contributed by atoms with Crippen molar-refractivity contribution in [2.24, 2.45) is 15.2 Å². The number of benzene rings is 2. The molecule has 0 aliphatic carbocycles. The molecule has 0 unspecified atom stereocenters. The number of rotatable bonds is 14. The smallest absolute Gasteiger partial charge is 0.271 e. The molecule has 1 radical (unpaired) electrons. The van der Waals surface area contributed by atoms with Crippen molar-refractivity contribution >= 4 is 34.3 Å². The molecule has 2 aromatic carbocycles. The number of pyridine rings is 2. The van der Waals surface area contributed by atoms with Gasteiger partial charge in [-0.15, -0.1) is 10.2 Å². The van der Waals surface area contributed by atoms with E-state index >= 15 is 0 Å². The van der Waals surface area contributed by atoms with Gasteiger partial charge in [-0.2, -0.15) is 10.5 Å². The SMILES string of the molecule is CCCCn1c(O)c(N=C=CCc2cc([N+](=O)[O-])ccc2O)c(C)c(C#N)c1=O.CCCCn1c(OC)c(N=Nc2cc([N+](=O)[O-])ccc2O)c(C)c(C#N)c1=O.[Co]. The van der Waals surface area contributed by atoms with Crippen LogP contribution in [0.1, 0.15) is 67.3 Å². The third-order valence-corrected chi connectivity index (χ3v) is 8.47. The molecule has 2 aromatic heterocycles. The van der Waals surface area contributed by atoms with E-state index in [-0.39, 0.29) is 104 Å². The fourth-order valence-electron chi connectivity index (χ4n) is 5.29. The number of aromatic nitrogens is 2. The minimum Gasteiger partial charge on any atom is -0.508 e. The Morgan fingerprint density at radius 3 is 1.86 bits per heavy atom. The number of aliphatic imine (C=N–C) groups is 1. The first-order valence-corrected chi connectivity index (χ1v) is 17.4. The Labute approximate surface area is 341 Å². The molecule has 0 atom stereocenters. The van der Waals surface area contributed by atoms with Crippen LogP contribution in [0.3, 0.4) is 0 Å². The third kappa shape index (κ3) is 11.0. The van der Waals surface area contributed by atoms with E-state index in [1.165, 1.54) is 49.8 Å². The number of phenols is 2. The van der Waals surface area contributed by atoms with Crippen molar-refractivity contribution in [2.75, 3.05) is 7.11 Å². The van der Waals surface area contributed by atoms with E-state index in [0.717, 1.165) is 35.6 Å². The van der Waals surface area contributed by atoms with Gasteiger partial charge in [0, 0.05) is 77.2 Å². The Morgan fingerprint density at radius 2 is 1.33 bits per heavy atom. The maximum absolute atomic E-state index is 12.6. The normalized spacial score (nSPS) is 10.3. The number of methoxy groups -OCH3 is 1. The summed E-state index contributed by atoms with van der Waals surface area (Å²) in [5.74, 6) is 1.97. The van der Waals surface area contributed by atoms with Crippen molar-refractivity contribution in [2.45, 2.75) is 72.9 Å².